The summed E-state index contributed by atoms with van der Waals surface area (Å²) in [5.41, 5.74) is 2.67. The monoisotopic (exact) mass is 425 g/mol. The van der Waals surface area contributed by atoms with Gasteiger partial charge >= 0.3 is 5.97 Å². The van der Waals surface area contributed by atoms with Gasteiger partial charge in [0, 0.05) is 21.7 Å². The Morgan fingerprint density at radius 1 is 0.862 bits per heavy atom. The molecule has 0 aliphatic rings. The predicted octanol–water partition coefficient (Wildman–Crippen LogP) is 7.16. The third-order valence-corrected chi connectivity index (χ3v) is 5.14. The topological polar surface area (TPSA) is 53.1 Å². The van der Waals surface area contributed by atoms with Crippen molar-refractivity contribution in [2.45, 2.75) is 0 Å². The van der Waals surface area contributed by atoms with E-state index in [0.29, 0.717) is 27.4 Å². The largest absolute Gasteiger partial charge is 0.477 e. The summed E-state index contributed by atoms with van der Waals surface area (Å²) >= 11 is 12.2. The Morgan fingerprint density at radius 3 is 2.24 bits per heavy atom. The third-order valence-electron chi connectivity index (χ3n) is 4.61. The fourth-order valence-electron chi connectivity index (χ4n) is 3.38. The Hall–Kier alpha value is -3.08. The molecule has 0 atom stereocenters. The summed E-state index contributed by atoms with van der Waals surface area (Å²) in [6.45, 7) is 0. The number of halogens is 3. The number of hydrogen-bond donors (Lipinski definition) is 2. The molecule has 144 valence electrons. The molecule has 0 unspecified atom stereocenters. The van der Waals surface area contributed by atoms with E-state index in [-0.39, 0.29) is 16.3 Å². The molecule has 29 heavy (non-hydrogen) atoms. The van der Waals surface area contributed by atoms with Crippen LogP contribution in [0.3, 0.4) is 0 Å². The van der Waals surface area contributed by atoms with E-state index in [1.54, 1.807) is 36.4 Å². The van der Waals surface area contributed by atoms with Crippen LogP contribution in [0.25, 0.3) is 33.5 Å². The highest BCUT2D eigenvalue weighted by Crippen LogP contribution is 2.44. The van der Waals surface area contributed by atoms with Crippen LogP contribution in [0.1, 0.15) is 10.5 Å². The van der Waals surface area contributed by atoms with E-state index >= 15 is 4.39 Å². The van der Waals surface area contributed by atoms with Gasteiger partial charge < -0.3 is 10.1 Å². The standard InChI is InChI=1S/C23H14Cl2FNO2/c24-15-9-4-8-14(12-15)18-19(16-10-5-11-17(25)20(16)26)21(27-22(18)23(28)29)13-6-2-1-3-7-13/h1-12,27H,(H,28,29). The highest BCUT2D eigenvalue weighted by molar-refractivity contribution is 6.31. The fraction of sp³-hybridized carbons (Fsp3) is 0. The number of hydrogen-bond acceptors (Lipinski definition) is 1. The molecule has 0 amide bonds. The number of nitrogens with one attached hydrogen (secondary N) is 1. The SMILES string of the molecule is O=C(O)c1[nH]c(-c2ccccc2)c(-c2cccc(Cl)c2F)c1-c1cccc(Cl)c1. The van der Waals surface area contributed by atoms with E-state index < -0.39 is 11.8 Å². The zero-order chi connectivity index (χ0) is 20.5. The van der Waals surface area contributed by atoms with Crippen LogP contribution in [0, 0.1) is 5.82 Å². The smallest absolute Gasteiger partial charge is 0.352 e. The molecule has 0 aliphatic carbocycles. The van der Waals surface area contributed by atoms with Gasteiger partial charge in [0.1, 0.15) is 11.5 Å². The molecule has 0 bridgehead atoms. The van der Waals surface area contributed by atoms with Crippen molar-refractivity contribution < 1.29 is 14.3 Å². The number of carboxylic acid groups (broad SMARTS) is 1. The molecule has 1 aromatic heterocycles. The second-order valence-corrected chi connectivity index (χ2v) is 7.25. The van der Waals surface area contributed by atoms with Gasteiger partial charge in [-0.3, -0.25) is 0 Å². The number of aromatic nitrogens is 1. The first-order chi connectivity index (χ1) is 14.0. The van der Waals surface area contributed by atoms with Gasteiger partial charge in [0.05, 0.1) is 10.7 Å². The molecule has 1 heterocycles. The summed E-state index contributed by atoms with van der Waals surface area (Å²) in [5, 5.41) is 10.3. The molecule has 6 heteroatoms. The third kappa shape index (κ3) is 3.53. The molecule has 0 spiro atoms. The lowest BCUT2D eigenvalue weighted by atomic mass is 9.92. The molecule has 0 saturated carbocycles. The molecule has 0 radical (unpaired) electrons. The Labute approximate surface area is 176 Å². The van der Waals surface area contributed by atoms with Gasteiger partial charge in [-0.2, -0.15) is 0 Å². The maximum absolute atomic E-state index is 15.0. The van der Waals surface area contributed by atoms with Crippen molar-refractivity contribution in [3.63, 3.8) is 0 Å². The molecule has 3 aromatic carbocycles. The molecule has 0 saturated heterocycles. The van der Waals surface area contributed by atoms with Crippen molar-refractivity contribution in [2.24, 2.45) is 0 Å². The predicted molar refractivity (Wildman–Crippen MR) is 114 cm³/mol. The number of benzene rings is 3. The summed E-state index contributed by atoms with van der Waals surface area (Å²) in [6.07, 6.45) is 0. The van der Waals surface area contributed by atoms with E-state index in [4.69, 9.17) is 23.2 Å². The Balaban J connectivity index is 2.15. The Kier molecular flexibility index (Phi) is 5.14. The average Bonchev–Trinajstić information content (AvgIpc) is 3.11. The van der Waals surface area contributed by atoms with Crippen LogP contribution >= 0.6 is 23.2 Å². The first-order valence-corrected chi connectivity index (χ1v) is 9.48. The zero-order valence-electron chi connectivity index (χ0n) is 14.9. The first kappa shape index (κ1) is 19.2. The Morgan fingerprint density at radius 2 is 1.55 bits per heavy atom. The quantitative estimate of drug-likeness (QED) is 0.364. The van der Waals surface area contributed by atoms with Gasteiger partial charge in [-0.1, -0.05) is 77.8 Å². The molecule has 3 nitrogen and oxygen atoms in total. The summed E-state index contributed by atoms with van der Waals surface area (Å²) in [5.74, 6) is -1.78. The van der Waals surface area contributed by atoms with Crippen LogP contribution in [0.15, 0.2) is 72.8 Å². The van der Waals surface area contributed by atoms with Crippen LogP contribution in [0.5, 0.6) is 0 Å². The maximum Gasteiger partial charge on any atom is 0.352 e. The van der Waals surface area contributed by atoms with Gasteiger partial charge in [0.2, 0.25) is 0 Å². The molecule has 4 aromatic rings. The summed E-state index contributed by atoms with van der Waals surface area (Å²) < 4.78 is 15.0. The number of rotatable bonds is 4. The van der Waals surface area contributed by atoms with Gasteiger partial charge in [0.15, 0.2) is 0 Å². The van der Waals surface area contributed by atoms with Crippen LogP contribution in [-0.2, 0) is 0 Å². The lowest BCUT2D eigenvalue weighted by molar-refractivity contribution is 0.0692. The zero-order valence-corrected chi connectivity index (χ0v) is 16.4. The summed E-state index contributed by atoms with van der Waals surface area (Å²) in [7, 11) is 0. The van der Waals surface area contributed by atoms with Crippen molar-refractivity contribution in [3.8, 4) is 33.5 Å². The minimum atomic E-state index is -1.16. The van der Waals surface area contributed by atoms with Crippen molar-refractivity contribution >= 4 is 29.2 Å². The van der Waals surface area contributed by atoms with E-state index in [1.165, 1.54) is 6.07 Å². The van der Waals surface area contributed by atoms with E-state index in [1.807, 2.05) is 30.3 Å². The second kappa shape index (κ2) is 7.74. The minimum Gasteiger partial charge on any atom is -0.477 e. The highest BCUT2D eigenvalue weighted by Gasteiger charge is 2.27. The lowest BCUT2D eigenvalue weighted by Gasteiger charge is -2.11. The van der Waals surface area contributed by atoms with E-state index in [2.05, 4.69) is 4.98 Å². The van der Waals surface area contributed by atoms with E-state index in [9.17, 15) is 9.90 Å². The molecule has 2 N–H and O–H groups in total. The van der Waals surface area contributed by atoms with Crippen molar-refractivity contribution in [1.29, 1.82) is 0 Å². The number of carboxylic acids is 1. The first-order valence-electron chi connectivity index (χ1n) is 8.72. The number of aromatic carboxylic acids is 1. The van der Waals surface area contributed by atoms with Crippen molar-refractivity contribution in [3.05, 3.63) is 94.4 Å². The van der Waals surface area contributed by atoms with Crippen LogP contribution in [0.2, 0.25) is 10.0 Å². The molecule has 0 fully saturated rings. The average molecular weight is 426 g/mol. The molecular formula is C23H14Cl2FNO2. The normalized spacial score (nSPS) is 10.9. The minimum absolute atomic E-state index is 0.0448. The van der Waals surface area contributed by atoms with E-state index in [0.717, 1.165) is 5.56 Å². The summed E-state index contributed by atoms with van der Waals surface area (Å²) in [4.78, 5) is 15.1. The summed E-state index contributed by atoms with van der Waals surface area (Å²) in [6, 6.07) is 20.6. The van der Waals surface area contributed by atoms with Crippen molar-refractivity contribution in [2.75, 3.05) is 0 Å². The number of H-pyrrole nitrogens is 1. The van der Waals surface area contributed by atoms with Gasteiger partial charge in [-0.25, -0.2) is 9.18 Å². The lowest BCUT2D eigenvalue weighted by Crippen LogP contribution is -1.99. The highest BCUT2D eigenvalue weighted by atomic mass is 35.5. The maximum atomic E-state index is 15.0. The number of aromatic amines is 1. The number of carbonyl (C=O) groups is 1. The fourth-order valence-corrected chi connectivity index (χ4v) is 3.75. The van der Waals surface area contributed by atoms with Gasteiger partial charge in [0.25, 0.3) is 0 Å². The van der Waals surface area contributed by atoms with Crippen LogP contribution < -0.4 is 0 Å². The molecular weight excluding hydrogens is 412 g/mol. The Bertz CT molecular complexity index is 1220. The van der Waals surface area contributed by atoms with Gasteiger partial charge in [-0.05, 0) is 29.3 Å². The van der Waals surface area contributed by atoms with Crippen LogP contribution in [-0.4, -0.2) is 16.1 Å². The second-order valence-electron chi connectivity index (χ2n) is 6.41. The van der Waals surface area contributed by atoms with Crippen LogP contribution in [0.4, 0.5) is 4.39 Å². The molecule has 0 aliphatic heterocycles. The van der Waals surface area contributed by atoms with Gasteiger partial charge in [-0.15, -0.1) is 0 Å². The molecule has 4 rings (SSSR count). The van der Waals surface area contributed by atoms with Crippen molar-refractivity contribution in [1.82, 2.24) is 4.98 Å².